The molecule has 0 atom stereocenters. The molecule has 7 heteroatoms. The summed E-state index contributed by atoms with van der Waals surface area (Å²) in [6, 6.07) is 14.4. The maximum absolute atomic E-state index is 13.8. The lowest BCUT2D eigenvalue weighted by molar-refractivity contribution is 0.267. The average molecular weight is 356 g/mol. The number of aromatic nitrogens is 2. The van der Waals surface area contributed by atoms with Crippen LogP contribution in [0.5, 0.6) is 5.75 Å². The maximum atomic E-state index is 13.8. The number of nitrogens with zero attached hydrogens (tertiary/aromatic N) is 2. The largest absolute Gasteiger partial charge is 0.483 e. The van der Waals surface area contributed by atoms with E-state index in [1.807, 2.05) is 36.4 Å². The Hall–Kier alpha value is -3.35. The summed E-state index contributed by atoms with van der Waals surface area (Å²) in [5.41, 5.74) is -0.312. The van der Waals surface area contributed by atoms with Crippen molar-refractivity contribution in [2.24, 2.45) is 0 Å². The fourth-order valence-corrected chi connectivity index (χ4v) is 2.57. The van der Waals surface area contributed by atoms with Crippen LogP contribution in [0.3, 0.4) is 0 Å². The molecule has 0 amide bonds. The van der Waals surface area contributed by atoms with Crippen LogP contribution in [0.4, 0.5) is 13.2 Å². The number of benzene rings is 3. The van der Waals surface area contributed by atoms with Gasteiger partial charge in [0.15, 0.2) is 18.2 Å². The third-order valence-electron chi connectivity index (χ3n) is 3.81. The topological polar surface area (TPSA) is 48.2 Å². The number of halogens is 3. The van der Waals surface area contributed by atoms with Crippen LogP contribution in [-0.2, 0) is 6.61 Å². The minimum atomic E-state index is -1.29. The van der Waals surface area contributed by atoms with E-state index in [2.05, 4.69) is 10.2 Å². The van der Waals surface area contributed by atoms with Crippen LogP contribution < -0.4 is 4.74 Å². The second-order valence-electron chi connectivity index (χ2n) is 5.51. The van der Waals surface area contributed by atoms with E-state index in [-0.39, 0.29) is 24.0 Å². The van der Waals surface area contributed by atoms with Crippen LogP contribution in [0.15, 0.2) is 59.0 Å². The van der Waals surface area contributed by atoms with Crippen molar-refractivity contribution in [1.29, 1.82) is 0 Å². The normalized spacial score (nSPS) is 11.0. The van der Waals surface area contributed by atoms with Gasteiger partial charge in [0.1, 0.15) is 11.6 Å². The van der Waals surface area contributed by atoms with Gasteiger partial charge in [-0.1, -0.05) is 36.4 Å². The number of rotatable bonds is 4. The van der Waals surface area contributed by atoms with Crippen LogP contribution in [-0.4, -0.2) is 10.2 Å². The van der Waals surface area contributed by atoms with Crippen molar-refractivity contribution in [1.82, 2.24) is 10.2 Å². The van der Waals surface area contributed by atoms with Gasteiger partial charge in [0, 0.05) is 11.5 Å². The first-order chi connectivity index (χ1) is 12.6. The SMILES string of the molecule is Fc1cc(F)c(-c2nnc(COc3cccc4ccccc34)o2)cc1F. The van der Waals surface area contributed by atoms with Crippen LogP contribution in [0.1, 0.15) is 5.89 Å². The highest BCUT2D eigenvalue weighted by Crippen LogP contribution is 2.27. The fraction of sp³-hybridized carbons (Fsp3) is 0.0526. The summed E-state index contributed by atoms with van der Waals surface area (Å²) >= 11 is 0. The van der Waals surface area contributed by atoms with Crippen molar-refractivity contribution in [3.05, 3.63) is 77.9 Å². The number of hydrogen-bond donors (Lipinski definition) is 0. The van der Waals surface area contributed by atoms with E-state index < -0.39 is 17.5 Å². The molecular weight excluding hydrogens is 345 g/mol. The third-order valence-corrected chi connectivity index (χ3v) is 3.81. The summed E-state index contributed by atoms with van der Waals surface area (Å²) in [6.45, 7) is -0.0493. The van der Waals surface area contributed by atoms with E-state index in [0.717, 1.165) is 10.8 Å². The predicted molar refractivity (Wildman–Crippen MR) is 87.9 cm³/mol. The van der Waals surface area contributed by atoms with E-state index in [4.69, 9.17) is 9.15 Å². The average Bonchev–Trinajstić information content (AvgIpc) is 3.11. The van der Waals surface area contributed by atoms with Gasteiger partial charge in [-0.15, -0.1) is 10.2 Å². The van der Waals surface area contributed by atoms with Crippen molar-refractivity contribution in [2.45, 2.75) is 6.61 Å². The van der Waals surface area contributed by atoms with Crippen molar-refractivity contribution in [3.8, 4) is 17.2 Å². The molecule has 1 aromatic heterocycles. The lowest BCUT2D eigenvalue weighted by Gasteiger charge is -2.07. The molecule has 4 rings (SSSR count). The highest BCUT2D eigenvalue weighted by atomic mass is 19.2. The highest BCUT2D eigenvalue weighted by molar-refractivity contribution is 5.88. The molecule has 0 saturated heterocycles. The van der Waals surface area contributed by atoms with Gasteiger partial charge in [0.2, 0.25) is 0 Å². The first kappa shape index (κ1) is 16.1. The Balaban J connectivity index is 1.57. The van der Waals surface area contributed by atoms with Crippen molar-refractivity contribution in [3.63, 3.8) is 0 Å². The molecule has 3 aromatic carbocycles. The summed E-state index contributed by atoms with van der Waals surface area (Å²) in [7, 11) is 0. The Morgan fingerprint density at radius 1 is 0.846 bits per heavy atom. The minimum Gasteiger partial charge on any atom is -0.483 e. The molecule has 0 aliphatic rings. The fourth-order valence-electron chi connectivity index (χ4n) is 2.57. The van der Waals surface area contributed by atoms with Gasteiger partial charge in [-0.2, -0.15) is 0 Å². The zero-order chi connectivity index (χ0) is 18.1. The van der Waals surface area contributed by atoms with Gasteiger partial charge in [0.05, 0.1) is 5.56 Å². The first-order valence-corrected chi connectivity index (χ1v) is 7.69. The second-order valence-corrected chi connectivity index (χ2v) is 5.51. The van der Waals surface area contributed by atoms with E-state index in [9.17, 15) is 13.2 Å². The van der Waals surface area contributed by atoms with Gasteiger partial charge >= 0.3 is 0 Å². The zero-order valence-corrected chi connectivity index (χ0v) is 13.2. The Morgan fingerprint density at radius 2 is 1.62 bits per heavy atom. The van der Waals surface area contributed by atoms with Crippen LogP contribution in [0.25, 0.3) is 22.2 Å². The summed E-state index contributed by atoms with van der Waals surface area (Å²) < 4.78 is 51.1. The van der Waals surface area contributed by atoms with E-state index in [1.54, 1.807) is 6.07 Å². The van der Waals surface area contributed by atoms with E-state index in [1.165, 1.54) is 0 Å². The molecule has 0 radical (unpaired) electrons. The van der Waals surface area contributed by atoms with Gasteiger partial charge in [0.25, 0.3) is 11.8 Å². The lowest BCUT2D eigenvalue weighted by Crippen LogP contribution is -1.96. The molecule has 0 unspecified atom stereocenters. The van der Waals surface area contributed by atoms with Crippen molar-refractivity contribution in [2.75, 3.05) is 0 Å². The monoisotopic (exact) mass is 356 g/mol. The second kappa shape index (κ2) is 6.51. The zero-order valence-electron chi connectivity index (χ0n) is 13.2. The van der Waals surface area contributed by atoms with E-state index >= 15 is 0 Å². The lowest BCUT2D eigenvalue weighted by atomic mass is 10.1. The summed E-state index contributed by atoms with van der Waals surface area (Å²) in [4.78, 5) is 0. The summed E-state index contributed by atoms with van der Waals surface area (Å²) in [6.07, 6.45) is 0. The molecule has 130 valence electrons. The molecule has 4 nitrogen and oxygen atoms in total. The first-order valence-electron chi connectivity index (χ1n) is 7.69. The quantitative estimate of drug-likeness (QED) is 0.489. The molecule has 0 saturated carbocycles. The standard InChI is InChI=1S/C19H11F3N2O2/c20-14-9-16(22)15(21)8-13(14)19-24-23-18(26-19)10-25-17-7-3-5-11-4-1-2-6-12(11)17/h1-9H,10H2. The minimum absolute atomic E-state index is 0.0493. The van der Waals surface area contributed by atoms with Gasteiger partial charge in [-0.05, 0) is 17.5 Å². The Bertz CT molecular complexity index is 1090. The van der Waals surface area contributed by atoms with Crippen LogP contribution in [0.2, 0.25) is 0 Å². The summed E-state index contributed by atoms with van der Waals surface area (Å²) in [5.74, 6) is -3.02. The van der Waals surface area contributed by atoms with Gasteiger partial charge < -0.3 is 9.15 Å². The molecule has 0 aliphatic heterocycles. The number of ether oxygens (including phenoxy) is 1. The smallest absolute Gasteiger partial charge is 0.254 e. The van der Waals surface area contributed by atoms with Crippen molar-refractivity contribution >= 4 is 10.8 Å². The molecule has 0 fully saturated rings. The van der Waals surface area contributed by atoms with E-state index in [0.29, 0.717) is 17.9 Å². The molecule has 4 aromatic rings. The van der Waals surface area contributed by atoms with Crippen LogP contribution in [0, 0.1) is 17.5 Å². The molecule has 1 heterocycles. The van der Waals surface area contributed by atoms with Gasteiger partial charge in [-0.25, -0.2) is 13.2 Å². The summed E-state index contributed by atoms with van der Waals surface area (Å²) in [5, 5.41) is 9.36. The van der Waals surface area contributed by atoms with Crippen molar-refractivity contribution < 1.29 is 22.3 Å². The number of fused-ring (bicyclic) bond motifs is 1. The predicted octanol–water partition coefficient (Wildman–Crippen LogP) is 4.89. The Kier molecular flexibility index (Phi) is 4.04. The third kappa shape index (κ3) is 2.99. The Labute approximate surface area is 145 Å². The Morgan fingerprint density at radius 3 is 2.50 bits per heavy atom. The molecular formula is C19H11F3N2O2. The molecule has 0 N–H and O–H groups in total. The molecule has 0 spiro atoms. The van der Waals surface area contributed by atoms with Gasteiger partial charge in [-0.3, -0.25) is 0 Å². The molecule has 0 aliphatic carbocycles. The molecule has 0 bridgehead atoms. The van der Waals surface area contributed by atoms with Crippen LogP contribution >= 0.6 is 0 Å². The molecule has 26 heavy (non-hydrogen) atoms. The number of hydrogen-bond acceptors (Lipinski definition) is 4. The maximum Gasteiger partial charge on any atom is 0.254 e. The highest BCUT2D eigenvalue weighted by Gasteiger charge is 2.17.